The largest absolute Gasteiger partial charge is 0.445 e. The first-order valence-corrected chi connectivity index (χ1v) is 9.67. The number of hydrogen-bond acceptors (Lipinski definition) is 5. The maximum Gasteiger partial charge on any atom is 0.407 e. The van der Waals surface area contributed by atoms with Crippen molar-refractivity contribution >= 4 is 29.5 Å². The van der Waals surface area contributed by atoms with Crippen molar-refractivity contribution < 1.29 is 24.2 Å². The number of halogens is 1. The Morgan fingerprint density at radius 2 is 1.73 bits per heavy atom. The van der Waals surface area contributed by atoms with E-state index >= 15 is 0 Å². The van der Waals surface area contributed by atoms with Crippen LogP contribution in [0.3, 0.4) is 0 Å². The van der Waals surface area contributed by atoms with Gasteiger partial charge in [-0.15, -0.1) is 0 Å². The van der Waals surface area contributed by atoms with E-state index in [-0.39, 0.29) is 26.0 Å². The van der Waals surface area contributed by atoms with Crippen LogP contribution in [0.15, 0.2) is 54.6 Å². The lowest BCUT2D eigenvalue weighted by molar-refractivity contribution is -0.128. The number of carbonyl (C=O) groups is 3. The molecule has 0 aromatic heterocycles. The number of alkyl carbamates (subject to hydrolysis) is 1. The molecule has 0 spiro atoms. The molecule has 2 aromatic carbocycles. The molecule has 2 atom stereocenters. The number of aliphatic hydroxyl groups is 1. The van der Waals surface area contributed by atoms with Crippen LogP contribution in [0.25, 0.3) is 0 Å². The van der Waals surface area contributed by atoms with Crippen molar-refractivity contribution in [1.29, 1.82) is 0 Å². The van der Waals surface area contributed by atoms with Gasteiger partial charge in [0.2, 0.25) is 11.8 Å². The van der Waals surface area contributed by atoms with Crippen LogP contribution in [0.1, 0.15) is 17.5 Å². The van der Waals surface area contributed by atoms with Crippen molar-refractivity contribution in [2.75, 3.05) is 6.54 Å². The molecule has 0 saturated heterocycles. The van der Waals surface area contributed by atoms with Crippen LogP contribution in [-0.2, 0) is 27.4 Å². The zero-order chi connectivity index (χ0) is 21.9. The smallest absolute Gasteiger partial charge is 0.407 e. The molecule has 9 heteroatoms. The molecule has 0 unspecified atom stereocenters. The first-order chi connectivity index (χ1) is 14.3. The van der Waals surface area contributed by atoms with Crippen molar-refractivity contribution in [3.8, 4) is 0 Å². The van der Waals surface area contributed by atoms with Crippen LogP contribution in [0.5, 0.6) is 0 Å². The Hall–Kier alpha value is -3.10. The van der Waals surface area contributed by atoms with Gasteiger partial charge in [-0.2, -0.15) is 0 Å². The number of nitrogens with two attached hydrogens (primary N) is 1. The van der Waals surface area contributed by atoms with Gasteiger partial charge in [0.25, 0.3) is 0 Å². The van der Waals surface area contributed by atoms with Crippen LogP contribution in [0, 0.1) is 0 Å². The summed E-state index contributed by atoms with van der Waals surface area (Å²) in [6.07, 6.45) is -2.08. The summed E-state index contributed by atoms with van der Waals surface area (Å²) in [5, 5.41) is 15.3. The number of ether oxygens (including phenoxy) is 1. The zero-order valence-electron chi connectivity index (χ0n) is 16.2. The average molecular weight is 434 g/mol. The minimum absolute atomic E-state index is 0.0889. The van der Waals surface area contributed by atoms with Crippen molar-refractivity contribution in [3.63, 3.8) is 0 Å². The minimum Gasteiger partial charge on any atom is -0.445 e. The first kappa shape index (κ1) is 23.2. The fourth-order valence-corrected chi connectivity index (χ4v) is 2.83. The fourth-order valence-electron chi connectivity index (χ4n) is 2.62. The Labute approximate surface area is 179 Å². The number of benzene rings is 2. The van der Waals surface area contributed by atoms with Gasteiger partial charge in [0.15, 0.2) is 0 Å². The number of primary amides is 1. The molecule has 0 bridgehead atoms. The molecule has 0 aliphatic heterocycles. The summed E-state index contributed by atoms with van der Waals surface area (Å²) in [6.45, 7) is -0.0988. The number of hydrogen-bond donors (Lipinski definition) is 4. The molecule has 2 rings (SSSR count). The first-order valence-electron chi connectivity index (χ1n) is 9.30. The Kier molecular flexibility index (Phi) is 9.11. The quantitative estimate of drug-likeness (QED) is 0.451. The Balaban J connectivity index is 1.74. The average Bonchev–Trinajstić information content (AvgIpc) is 2.72. The van der Waals surface area contributed by atoms with Crippen molar-refractivity contribution in [3.05, 3.63) is 70.7 Å². The third-order valence-electron chi connectivity index (χ3n) is 4.18. The van der Waals surface area contributed by atoms with Gasteiger partial charge in [-0.25, -0.2) is 4.79 Å². The molecule has 0 aliphatic carbocycles. The van der Waals surface area contributed by atoms with E-state index in [0.717, 1.165) is 5.56 Å². The lowest BCUT2D eigenvalue weighted by Crippen LogP contribution is -2.47. The maximum absolute atomic E-state index is 12.1. The monoisotopic (exact) mass is 433 g/mol. The van der Waals surface area contributed by atoms with E-state index in [9.17, 15) is 19.5 Å². The summed E-state index contributed by atoms with van der Waals surface area (Å²) in [4.78, 5) is 35.5. The van der Waals surface area contributed by atoms with E-state index in [4.69, 9.17) is 22.1 Å². The van der Waals surface area contributed by atoms with Crippen LogP contribution in [0.2, 0.25) is 5.02 Å². The lowest BCUT2D eigenvalue weighted by Gasteiger charge is -2.18. The van der Waals surface area contributed by atoms with Crippen molar-refractivity contribution in [2.45, 2.75) is 31.6 Å². The van der Waals surface area contributed by atoms with Crippen molar-refractivity contribution in [1.82, 2.24) is 10.6 Å². The summed E-state index contributed by atoms with van der Waals surface area (Å²) in [5.74, 6) is -1.31. The minimum atomic E-state index is -1.16. The molecule has 0 heterocycles. The topological polar surface area (TPSA) is 131 Å². The van der Waals surface area contributed by atoms with Gasteiger partial charge < -0.3 is 26.2 Å². The Morgan fingerprint density at radius 1 is 1.07 bits per heavy atom. The van der Waals surface area contributed by atoms with Crippen LogP contribution >= 0.6 is 11.6 Å². The van der Waals surface area contributed by atoms with Gasteiger partial charge in [-0.1, -0.05) is 60.1 Å². The number of nitrogens with one attached hydrogen (secondary N) is 2. The zero-order valence-corrected chi connectivity index (χ0v) is 17.0. The van der Waals surface area contributed by atoms with E-state index < -0.39 is 30.1 Å². The number of carbonyl (C=O) groups excluding carboxylic acids is 3. The van der Waals surface area contributed by atoms with E-state index in [0.29, 0.717) is 10.6 Å². The molecule has 0 radical (unpaired) electrons. The van der Waals surface area contributed by atoms with Crippen molar-refractivity contribution in [2.24, 2.45) is 5.73 Å². The molecule has 5 N–H and O–H groups in total. The van der Waals surface area contributed by atoms with Gasteiger partial charge in [0.1, 0.15) is 12.6 Å². The maximum atomic E-state index is 12.1. The second-order valence-electron chi connectivity index (χ2n) is 6.62. The summed E-state index contributed by atoms with van der Waals surface area (Å²) < 4.78 is 5.02. The van der Waals surface area contributed by atoms with Gasteiger partial charge in [0.05, 0.1) is 12.5 Å². The highest BCUT2D eigenvalue weighted by atomic mass is 35.5. The van der Waals surface area contributed by atoms with E-state index in [1.54, 1.807) is 24.3 Å². The molecular weight excluding hydrogens is 410 g/mol. The third-order valence-corrected chi connectivity index (χ3v) is 4.55. The highest BCUT2D eigenvalue weighted by molar-refractivity contribution is 6.31. The van der Waals surface area contributed by atoms with Crippen LogP contribution in [0.4, 0.5) is 4.79 Å². The standard InChI is InChI=1S/C21H24ClN3O5/c22-17-9-5-4-8-15(17)10-18(20(23)28)25-19(27)11-16(26)12-24-21(29)30-13-14-6-2-1-3-7-14/h1-9,16,18,26H,10-13H2,(H2,23,28)(H,24,29)(H,25,27)/t16-,18-/m0/s1. The van der Waals surface area contributed by atoms with Gasteiger partial charge in [-0.05, 0) is 17.2 Å². The third kappa shape index (κ3) is 8.10. The van der Waals surface area contributed by atoms with Gasteiger partial charge in [-0.3, -0.25) is 9.59 Å². The molecule has 0 fully saturated rings. The Morgan fingerprint density at radius 3 is 2.40 bits per heavy atom. The second-order valence-corrected chi connectivity index (χ2v) is 7.03. The normalized spacial score (nSPS) is 12.5. The molecular formula is C21H24ClN3O5. The van der Waals surface area contributed by atoms with Gasteiger partial charge >= 0.3 is 6.09 Å². The second kappa shape index (κ2) is 11.8. The number of aliphatic hydroxyl groups excluding tert-OH is 1. The molecule has 2 aromatic rings. The molecule has 160 valence electrons. The van der Waals surface area contributed by atoms with Crippen LogP contribution < -0.4 is 16.4 Å². The molecule has 30 heavy (non-hydrogen) atoms. The van der Waals surface area contributed by atoms with E-state index in [2.05, 4.69) is 10.6 Å². The summed E-state index contributed by atoms with van der Waals surface area (Å²) >= 11 is 6.07. The predicted octanol–water partition coefficient (Wildman–Crippen LogP) is 1.53. The summed E-state index contributed by atoms with van der Waals surface area (Å²) in [5.41, 5.74) is 6.84. The highest BCUT2D eigenvalue weighted by Gasteiger charge is 2.21. The molecule has 8 nitrogen and oxygen atoms in total. The number of amides is 3. The van der Waals surface area contributed by atoms with E-state index in [1.807, 2.05) is 30.3 Å². The van der Waals surface area contributed by atoms with E-state index in [1.165, 1.54) is 0 Å². The molecule has 0 aliphatic rings. The van der Waals surface area contributed by atoms with Crippen LogP contribution in [-0.4, -0.2) is 41.7 Å². The SMILES string of the molecule is NC(=O)[C@H](Cc1ccccc1Cl)NC(=O)C[C@H](O)CNC(=O)OCc1ccccc1. The predicted molar refractivity (Wildman–Crippen MR) is 112 cm³/mol. The lowest BCUT2D eigenvalue weighted by atomic mass is 10.0. The molecule has 3 amide bonds. The van der Waals surface area contributed by atoms with Gasteiger partial charge in [0, 0.05) is 18.0 Å². The fraction of sp³-hybridized carbons (Fsp3) is 0.286. The summed E-state index contributed by atoms with van der Waals surface area (Å²) in [6, 6.07) is 15.0. The molecule has 0 saturated carbocycles. The highest BCUT2D eigenvalue weighted by Crippen LogP contribution is 2.16. The summed E-state index contributed by atoms with van der Waals surface area (Å²) in [7, 11) is 0. The Bertz CT molecular complexity index is 863. The number of rotatable bonds is 10.